The van der Waals surface area contributed by atoms with E-state index in [1.807, 2.05) is 13.8 Å². The maximum atomic E-state index is 11.2. The first kappa shape index (κ1) is 20.5. The predicted octanol–water partition coefficient (Wildman–Crippen LogP) is -0.108. The summed E-state index contributed by atoms with van der Waals surface area (Å²) in [5.74, 6) is -3.52. The highest BCUT2D eigenvalue weighted by Gasteiger charge is 2.38. The molecule has 20 heavy (non-hydrogen) atoms. The first-order chi connectivity index (χ1) is 8.93. The van der Waals surface area contributed by atoms with E-state index < -0.39 is 24.2 Å². The highest BCUT2D eigenvalue weighted by atomic mass is 19.4. The first-order valence-electron chi connectivity index (χ1n) is 5.33. The van der Waals surface area contributed by atoms with Crippen LogP contribution in [0.3, 0.4) is 0 Å². The molecule has 0 rings (SSSR count). The van der Waals surface area contributed by atoms with Crippen molar-refractivity contribution in [1.29, 1.82) is 0 Å². The van der Waals surface area contributed by atoms with Crippen LogP contribution in [0.25, 0.3) is 0 Å². The van der Waals surface area contributed by atoms with Crippen LogP contribution in [0.15, 0.2) is 0 Å². The first-order valence-corrected chi connectivity index (χ1v) is 5.33. The summed E-state index contributed by atoms with van der Waals surface area (Å²) in [7, 11) is 1.26. The van der Waals surface area contributed by atoms with Gasteiger partial charge in [-0.3, -0.25) is 9.59 Å². The van der Waals surface area contributed by atoms with Crippen LogP contribution in [0.2, 0.25) is 0 Å². The predicted molar refractivity (Wildman–Crippen MR) is 61.5 cm³/mol. The van der Waals surface area contributed by atoms with Crippen molar-refractivity contribution >= 4 is 17.8 Å². The number of carboxylic acid groups (broad SMARTS) is 1. The molecule has 10 heteroatoms. The Labute approximate surface area is 113 Å². The van der Waals surface area contributed by atoms with Crippen LogP contribution in [0, 0.1) is 5.92 Å². The summed E-state index contributed by atoms with van der Waals surface area (Å²) in [6, 6.07) is -0.579. The number of carbonyl (C=O) groups excluding carboxylic acids is 2. The van der Waals surface area contributed by atoms with Gasteiger partial charge in [0.15, 0.2) is 0 Å². The maximum absolute atomic E-state index is 11.2. The quantitative estimate of drug-likeness (QED) is 0.624. The molecule has 1 amide bonds. The third kappa shape index (κ3) is 10.1. The fourth-order valence-corrected chi connectivity index (χ4v) is 0.652. The van der Waals surface area contributed by atoms with Gasteiger partial charge in [0.1, 0.15) is 6.54 Å². The molecule has 0 unspecified atom stereocenters. The number of aliphatic carboxylic acids is 1. The summed E-state index contributed by atoms with van der Waals surface area (Å²) in [4.78, 5) is 30.7. The second-order valence-corrected chi connectivity index (χ2v) is 3.87. The van der Waals surface area contributed by atoms with Crippen LogP contribution in [0.5, 0.6) is 0 Å². The zero-order valence-electron chi connectivity index (χ0n) is 11.2. The molecule has 0 saturated heterocycles. The summed E-state index contributed by atoms with van der Waals surface area (Å²) in [6.45, 7) is 3.54. The number of halogens is 3. The third-order valence-electron chi connectivity index (χ3n) is 1.90. The second-order valence-electron chi connectivity index (χ2n) is 3.87. The van der Waals surface area contributed by atoms with Crippen LogP contribution in [0.1, 0.15) is 13.8 Å². The van der Waals surface area contributed by atoms with E-state index in [9.17, 15) is 22.8 Å². The molecule has 0 heterocycles. The Morgan fingerprint density at radius 1 is 1.30 bits per heavy atom. The SMILES string of the molecule is COC(=O)CNC(=O)[C@@H](N)C(C)C.O=C(O)C(F)(F)F. The molecule has 0 spiro atoms. The molecular weight excluding hydrogens is 285 g/mol. The van der Waals surface area contributed by atoms with Crippen molar-refractivity contribution in [2.75, 3.05) is 13.7 Å². The molecule has 0 bridgehead atoms. The number of carbonyl (C=O) groups is 3. The minimum absolute atomic E-state index is 0.0534. The molecule has 0 aliphatic carbocycles. The lowest BCUT2D eigenvalue weighted by Gasteiger charge is -2.14. The Hall–Kier alpha value is -1.84. The molecule has 0 aliphatic rings. The van der Waals surface area contributed by atoms with Crippen molar-refractivity contribution in [3.63, 3.8) is 0 Å². The molecule has 0 radical (unpaired) electrons. The van der Waals surface area contributed by atoms with Gasteiger partial charge >= 0.3 is 18.1 Å². The Kier molecular flexibility index (Phi) is 9.34. The fourth-order valence-electron chi connectivity index (χ4n) is 0.652. The summed E-state index contributed by atoms with van der Waals surface area (Å²) in [6.07, 6.45) is -5.08. The lowest BCUT2D eigenvalue weighted by atomic mass is 10.1. The number of hydrogen-bond donors (Lipinski definition) is 3. The van der Waals surface area contributed by atoms with Crippen LogP contribution in [-0.2, 0) is 19.1 Å². The Bertz CT molecular complexity index is 344. The second kappa shape index (κ2) is 9.13. The number of methoxy groups -OCH3 is 1. The average Bonchev–Trinajstić information content (AvgIpc) is 2.33. The molecule has 0 aromatic rings. The number of rotatable bonds is 4. The normalized spacial score (nSPS) is 12.0. The van der Waals surface area contributed by atoms with Crippen molar-refractivity contribution in [3.8, 4) is 0 Å². The molecule has 7 nitrogen and oxygen atoms in total. The smallest absolute Gasteiger partial charge is 0.475 e. The molecular formula is C10H17F3N2O5. The number of carboxylic acids is 1. The van der Waals surface area contributed by atoms with E-state index in [4.69, 9.17) is 15.6 Å². The molecule has 0 saturated carbocycles. The van der Waals surface area contributed by atoms with E-state index >= 15 is 0 Å². The van der Waals surface area contributed by atoms with E-state index in [0.29, 0.717) is 0 Å². The monoisotopic (exact) mass is 302 g/mol. The fraction of sp³-hybridized carbons (Fsp3) is 0.700. The van der Waals surface area contributed by atoms with E-state index in [1.165, 1.54) is 7.11 Å². The number of nitrogens with one attached hydrogen (secondary N) is 1. The number of nitrogens with two attached hydrogens (primary N) is 1. The standard InChI is InChI=1S/C8H16N2O3.C2HF3O2/c1-5(2)7(9)8(12)10-4-6(11)13-3;3-2(4,5)1(6)7/h5,7H,4,9H2,1-3H3,(H,10,12);(H,6,7)/t7-;/m0./s1. The van der Waals surface area contributed by atoms with Crippen molar-refractivity contribution in [1.82, 2.24) is 5.32 Å². The third-order valence-corrected chi connectivity index (χ3v) is 1.90. The average molecular weight is 302 g/mol. The molecule has 0 fully saturated rings. The van der Waals surface area contributed by atoms with Gasteiger partial charge in [0.2, 0.25) is 5.91 Å². The number of amides is 1. The van der Waals surface area contributed by atoms with Gasteiger partial charge in [-0.2, -0.15) is 13.2 Å². The lowest BCUT2D eigenvalue weighted by Crippen LogP contribution is -2.45. The van der Waals surface area contributed by atoms with E-state index in [2.05, 4.69) is 10.1 Å². The van der Waals surface area contributed by atoms with Gasteiger partial charge in [0.25, 0.3) is 0 Å². The summed E-state index contributed by atoms with van der Waals surface area (Å²) < 4.78 is 36.1. The van der Waals surface area contributed by atoms with Gasteiger partial charge in [-0.15, -0.1) is 0 Å². The van der Waals surface area contributed by atoms with E-state index in [1.54, 1.807) is 0 Å². The van der Waals surface area contributed by atoms with Crippen molar-refractivity contribution in [3.05, 3.63) is 0 Å². The topological polar surface area (TPSA) is 119 Å². The van der Waals surface area contributed by atoms with E-state index in [0.717, 1.165) is 0 Å². The molecule has 1 atom stereocenters. The molecule has 0 aliphatic heterocycles. The van der Waals surface area contributed by atoms with Crippen molar-refractivity contribution in [2.24, 2.45) is 11.7 Å². The van der Waals surface area contributed by atoms with Crippen LogP contribution in [0.4, 0.5) is 13.2 Å². The largest absolute Gasteiger partial charge is 0.490 e. The highest BCUT2D eigenvalue weighted by molar-refractivity contribution is 5.85. The highest BCUT2D eigenvalue weighted by Crippen LogP contribution is 2.13. The zero-order chi connectivity index (χ0) is 16.5. The molecule has 0 aromatic heterocycles. The van der Waals surface area contributed by atoms with Gasteiger partial charge < -0.3 is 20.9 Å². The van der Waals surface area contributed by atoms with Gasteiger partial charge in [-0.05, 0) is 5.92 Å². The molecule has 0 aromatic carbocycles. The summed E-state index contributed by atoms with van der Waals surface area (Å²) in [5, 5.41) is 9.50. The van der Waals surface area contributed by atoms with Crippen LogP contribution >= 0.6 is 0 Å². The van der Waals surface area contributed by atoms with E-state index in [-0.39, 0.29) is 18.4 Å². The van der Waals surface area contributed by atoms with Crippen LogP contribution in [-0.4, -0.2) is 48.8 Å². The Balaban J connectivity index is 0. The van der Waals surface area contributed by atoms with Crippen LogP contribution < -0.4 is 11.1 Å². The van der Waals surface area contributed by atoms with Gasteiger partial charge in [0, 0.05) is 0 Å². The lowest BCUT2D eigenvalue weighted by molar-refractivity contribution is -0.192. The maximum Gasteiger partial charge on any atom is 0.490 e. The van der Waals surface area contributed by atoms with Gasteiger partial charge in [0.05, 0.1) is 13.2 Å². The van der Waals surface area contributed by atoms with Gasteiger partial charge in [-0.25, -0.2) is 4.79 Å². The Morgan fingerprint density at radius 3 is 1.95 bits per heavy atom. The summed E-state index contributed by atoms with van der Waals surface area (Å²) >= 11 is 0. The number of hydrogen-bond acceptors (Lipinski definition) is 5. The summed E-state index contributed by atoms with van der Waals surface area (Å²) in [5.41, 5.74) is 5.52. The number of esters is 1. The Morgan fingerprint density at radius 2 is 1.70 bits per heavy atom. The van der Waals surface area contributed by atoms with Gasteiger partial charge in [-0.1, -0.05) is 13.8 Å². The van der Waals surface area contributed by atoms with Crippen molar-refractivity contribution in [2.45, 2.75) is 26.1 Å². The minimum atomic E-state index is -5.08. The zero-order valence-corrected chi connectivity index (χ0v) is 11.2. The number of alkyl halides is 3. The van der Waals surface area contributed by atoms with Crippen molar-refractivity contribution < 1.29 is 37.4 Å². The minimum Gasteiger partial charge on any atom is -0.475 e. The molecule has 118 valence electrons. The molecule has 4 N–H and O–H groups in total. The number of ether oxygens (including phenoxy) is 1.